The minimum absolute atomic E-state index is 0.284. The minimum Gasteiger partial charge on any atom is -0.465 e. The smallest absolute Gasteiger partial charge is 0.337 e. The van der Waals surface area contributed by atoms with E-state index in [0.29, 0.717) is 5.56 Å². The lowest BCUT2D eigenvalue weighted by atomic mass is 10.1. The van der Waals surface area contributed by atoms with Gasteiger partial charge in [-0.15, -0.1) is 0 Å². The molecule has 1 aromatic carbocycles. The van der Waals surface area contributed by atoms with E-state index >= 15 is 0 Å². The number of nitrogens with zero attached hydrogens (tertiary/aromatic N) is 1. The van der Waals surface area contributed by atoms with Crippen molar-refractivity contribution in [3.8, 4) is 0 Å². The highest BCUT2D eigenvalue weighted by molar-refractivity contribution is 8.00. The summed E-state index contributed by atoms with van der Waals surface area (Å²) in [6.45, 7) is 6.88. The molecular formula is C19H29N3O2S. The van der Waals surface area contributed by atoms with E-state index < -0.39 is 0 Å². The van der Waals surface area contributed by atoms with E-state index in [1.54, 1.807) is 12.1 Å². The molecule has 1 aliphatic heterocycles. The zero-order chi connectivity index (χ0) is 18.1. The summed E-state index contributed by atoms with van der Waals surface area (Å²) in [5.74, 6) is 1.82. The number of guanidine groups is 1. The second kappa shape index (κ2) is 9.70. The number of carbonyl (C=O) groups is 1. The van der Waals surface area contributed by atoms with Crippen molar-refractivity contribution in [2.24, 2.45) is 4.99 Å². The van der Waals surface area contributed by atoms with Crippen molar-refractivity contribution >= 4 is 23.7 Å². The number of carbonyl (C=O) groups excluding carboxylic acids is 1. The third kappa shape index (κ3) is 6.27. The lowest BCUT2D eigenvalue weighted by Gasteiger charge is -2.21. The van der Waals surface area contributed by atoms with Crippen LogP contribution in [0.5, 0.6) is 0 Å². The number of benzene rings is 1. The number of ether oxygens (including phenoxy) is 1. The molecule has 1 unspecified atom stereocenters. The van der Waals surface area contributed by atoms with Gasteiger partial charge in [0.25, 0.3) is 0 Å². The molecule has 1 aromatic rings. The molecule has 6 heteroatoms. The predicted octanol–water partition coefficient (Wildman–Crippen LogP) is 2.86. The average Bonchev–Trinajstić information content (AvgIpc) is 3.06. The Labute approximate surface area is 155 Å². The molecule has 0 spiro atoms. The maximum absolute atomic E-state index is 11.4. The average molecular weight is 364 g/mol. The molecule has 5 nitrogen and oxygen atoms in total. The number of aliphatic imine (C=N–C) groups is 1. The molecule has 0 radical (unpaired) electrons. The van der Waals surface area contributed by atoms with E-state index in [-0.39, 0.29) is 10.7 Å². The lowest BCUT2D eigenvalue weighted by molar-refractivity contribution is 0.0600. The van der Waals surface area contributed by atoms with E-state index in [4.69, 9.17) is 9.73 Å². The highest BCUT2D eigenvalue weighted by atomic mass is 32.2. The number of rotatable bonds is 7. The van der Waals surface area contributed by atoms with Crippen LogP contribution in [0.2, 0.25) is 0 Å². The SMILES string of the molecule is CCNC(=NCC1(C)CCCS1)NCCc1ccc(C(=O)OC)cc1. The first kappa shape index (κ1) is 19.6. The second-order valence-electron chi connectivity index (χ2n) is 6.46. The van der Waals surface area contributed by atoms with Gasteiger partial charge in [0, 0.05) is 17.8 Å². The Morgan fingerprint density at radius 3 is 2.68 bits per heavy atom. The summed E-state index contributed by atoms with van der Waals surface area (Å²) in [7, 11) is 1.40. The molecule has 1 saturated heterocycles. The van der Waals surface area contributed by atoms with Crippen LogP contribution in [0.1, 0.15) is 42.6 Å². The molecular weight excluding hydrogens is 334 g/mol. The highest BCUT2D eigenvalue weighted by Gasteiger charge is 2.29. The Bertz CT molecular complexity index is 581. The first-order valence-electron chi connectivity index (χ1n) is 8.90. The Morgan fingerprint density at radius 2 is 2.08 bits per heavy atom. The van der Waals surface area contributed by atoms with Crippen LogP contribution < -0.4 is 10.6 Å². The second-order valence-corrected chi connectivity index (χ2v) is 8.14. The topological polar surface area (TPSA) is 62.7 Å². The van der Waals surface area contributed by atoms with Gasteiger partial charge in [-0.2, -0.15) is 11.8 Å². The minimum atomic E-state index is -0.301. The summed E-state index contributed by atoms with van der Waals surface area (Å²) >= 11 is 2.03. The van der Waals surface area contributed by atoms with Crippen LogP contribution in [0, 0.1) is 0 Å². The Morgan fingerprint density at radius 1 is 1.32 bits per heavy atom. The Hall–Kier alpha value is -1.69. The van der Waals surface area contributed by atoms with Gasteiger partial charge < -0.3 is 15.4 Å². The van der Waals surface area contributed by atoms with Crippen molar-refractivity contribution in [1.82, 2.24) is 10.6 Å². The zero-order valence-electron chi connectivity index (χ0n) is 15.4. The number of thioether (sulfide) groups is 1. The summed E-state index contributed by atoms with van der Waals surface area (Å²) in [5, 5.41) is 6.71. The standard InChI is InChI=1S/C19H29N3O2S/c1-4-20-18(22-14-19(2)11-5-13-25-19)21-12-10-15-6-8-16(9-7-15)17(23)24-3/h6-9H,4-5,10-14H2,1-3H3,(H2,20,21,22). The fourth-order valence-corrected chi connectivity index (χ4v) is 4.03. The van der Waals surface area contributed by atoms with Gasteiger partial charge in [0.05, 0.1) is 19.2 Å². The van der Waals surface area contributed by atoms with Gasteiger partial charge in [-0.3, -0.25) is 4.99 Å². The van der Waals surface area contributed by atoms with E-state index in [2.05, 4.69) is 24.5 Å². The van der Waals surface area contributed by atoms with Gasteiger partial charge >= 0.3 is 5.97 Å². The molecule has 138 valence electrons. The molecule has 1 fully saturated rings. The van der Waals surface area contributed by atoms with Crippen LogP contribution in [-0.2, 0) is 11.2 Å². The van der Waals surface area contributed by atoms with Gasteiger partial charge in [-0.25, -0.2) is 4.79 Å². The molecule has 0 aliphatic carbocycles. The molecule has 2 rings (SSSR count). The van der Waals surface area contributed by atoms with Gasteiger partial charge in [-0.05, 0) is 56.6 Å². The monoisotopic (exact) mass is 363 g/mol. The number of nitrogens with one attached hydrogen (secondary N) is 2. The Kier molecular flexibility index (Phi) is 7.62. The summed E-state index contributed by atoms with van der Waals surface area (Å²) in [6.07, 6.45) is 3.41. The number of hydrogen-bond acceptors (Lipinski definition) is 4. The van der Waals surface area contributed by atoms with Crippen molar-refractivity contribution in [3.63, 3.8) is 0 Å². The first-order valence-corrected chi connectivity index (χ1v) is 9.88. The summed E-state index contributed by atoms with van der Waals surface area (Å²) in [6, 6.07) is 7.54. The third-order valence-electron chi connectivity index (χ3n) is 4.30. The van der Waals surface area contributed by atoms with Crippen molar-refractivity contribution < 1.29 is 9.53 Å². The quantitative estimate of drug-likeness (QED) is 0.443. The van der Waals surface area contributed by atoms with Crippen LogP contribution >= 0.6 is 11.8 Å². The van der Waals surface area contributed by atoms with Crippen LogP contribution in [0.25, 0.3) is 0 Å². The largest absolute Gasteiger partial charge is 0.465 e. The van der Waals surface area contributed by atoms with Gasteiger partial charge in [-0.1, -0.05) is 12.1 Å². The summed E-state index contributed by atoms with van der Waals surface area (Å²) < 4.78 is 5.00. The highest BCUT2D eigenvalue weighted by Crippen LogP contribution is 2.37. The van der Waals surface area contributed by atoms with E-state index in [0.717, 1.165) is 32.0 Å². The molecule has 1 heterocycles. The van der Waals surface area contributed by atoms with Crippen LogP contribution in [0.15, 0.2) is 29.3 Å². The summed E-state index contributed by atoms with van der Waals surface area (Å²) in [5.41, 5.74) is 1.76. The third-order valence-corrected chi connectivity index (χ3v) is 5.82. The summed E-state index contributed by atoms with van der Waals surface area (Å²) in [4.78, 5) is 16.2. The van der Waals surface area contributed by atoms with Crippen molar-refractivity contribution in [2.45, 2.75) is 37.9 Å². The molecule has 0 aromatic heterocycles. The van der Waals surface area contributed by atoms with Crippen LogP contribution in [0.3, 0.4) is 0 Å². The van der Waals surface area contributed by atoms with Crippen LogP contribution in [0.4, 0.5) is 0 Å². The molecule has 1 aliphatic rings. The molecule has 25 heavy (non-hydrogen) atoms. The molecule has 2 N–H and O–H groups in total. The maximum atomic E-state index is 11.4. The normalized spacial score (nSPS) is 20.4. The maximum Gasteiger partial charge on any atom is 0.337 e. The van der Waals surface area contributed by atoms with E-state index in [9.17, 15) is 4.79 Å². The van der Waals surface area contributed by atoms with E-state index in [1.807, 2.05) is 23.9 Å². The molecule has 1 atom stereocenters. The lowest BCUT2D eigenvalue weighted by Crippen LogP contribution is -2.39. The van der Waals surface area contributed by atoms with Gasteiger partial charge in [0.15, 0.2) is 5.96 Å². The van der Waals surface area contributed by atoms with Crippen LogP contribution in [-0.4, -0.2) is 49.2 Å². The fourth-order valence-electron chi connectivity index (χ4n) is 2.80. The predicted molar refractivity (Wildman–Crippen MR) is 106 cm³/mol. The fraction of sp³-hybridized carbons (Fsp3) is 0.579. The number of hydrogen-bond donors (Lipinski definition) is 2. The van der Waals surface area contributed by atoms with Crippen molar-refractivity contribution in [1.29, 1.82) is 0 Å². The van der Waals surface area contributed by atoms with Crippen molar-refractivity contribution in [3.05, 3.63) is 35.4 Å². The number of methoxy groups -OCH3 is 1. The van der Waals surface area contributed by atoms with Gasteiger partial charge in [0.2, 0.25) is 0 Å². The number of esters is 1. The Balaban J connectivity index is 1.83. The van der Waals surface area contributed by atoms with Gasteiger partial charge in [0.1, 0.15) is 0 Å². The first-order chi connectivity index (χ1) is 12.1. The van der Waals surface area contributed by atoms with E-state index in [1.165, 1.54) is 31.3 Å². The molecule has 0 saturated carbocycles. The zero-order valence-corrected chi connectivity index (χ0v) is 16.2. The molecule has 0 bridgehead atoms. The molecule has 0 amide bonds. The van der Waals surface area contributed by atoms with Crippen molar-refractivity contribution in [2.75, 3.05) is 32.5 Å².